The van der Waals surface area contributed by atoms with Gasteiger partial charge in [-0.1, -0.05) is 6.92 Å². The van der Waals surface area contributed by atoms with Gasteiger partial charge in [-0.15, -0.1) is 0 Å². The van der Waals surface area contributed by atoms with Crippen molar-refractivity contribution in [3.05, 3.63) is 30.2 Å². The number of aromatic nitrogens is 2. The molecular weight excluding hydrogens is 242 g/mol. The number of hydrogen-bond donors (Lipinski definition) is 1. The number of carbonyl (C=O) groups excluding carboxylic acids is 1. The summed E-state index contributed by atoms with van der Waals surface area (Å²) >= 11 is 0. The van der Waals surface area contributed by atoms with Gasteiger partial charge >= 0.3 is 0 Å². The number of hydrogen-bond acceptors (Lipinski definition) is 3. The Morgan fingerprint density at radius 2 is 2.42 bits per heavy atom. The zero-order valence-electron chi connectivity index (χ0n) is 10.9. The van der Waals surface area contributed by atoms with Gasteiger partial charge < -0.3 is 9.73 Å². The number of carbonyl (C=O) groups is 1. The monoisotopic (exact) mass is 259 g/mol. The van der Waals surface area contributed by atoms with Crippen molar-refractivity contribution in [1.29, 1.82) is 0 Å². The van der Waals surface area contributed by atoms with Crippen LogP contribution in [0, 0.1) is 0 Å². The normalized spacial score (nSPS) is 14.6. The number of rotatable bonds is 5. The minimum absolute atomic E-state index is 0.0924. The molecule has 0 unspecified atom stereocenters. The minimum Gasteiger partial charge on any atom is -0.463 e. The Balaban J connectivity index is 1.89. The Bertz CT molecular complexity index is 568. The van der Waals surface area contributed by atoms with Crippen LogP contribution in [-0.2, 0) is 6.54 Å². The number of nitrogens with zero attached hydrogens (tertiary/aromatic N) is 2. The zero-order chi connectivity index (χ0) is 13.2. The van der Waals surface area contributed by atoms with Crippen LogP contribution in [0.2, 0.25) is 0 Å². The molecule has 2 aromatic heterocycles. The molecule has 0 radical (unpaired) electrons. The summed E-state index contributed by atoms with van der Waals surface area (Å²) in [6.07, 6.45) is 4.74. The second-order valence-electron chi connectivity index (χ2n) is 4.86. The lowest BCUT2D eigenvalue weighted by molar-refractivity contribution is 0.0945. The van der Waals surface area contributed by atoms with E-state index in [4.69, 9.17) is 4.42 Å². The Morgan fingerprint density at radius 3 is 3.05 bits per heavy atom. The van der Waals surface area contributed by atoms with Crippen molar-refractivity contribution in [2.24, 2.45) is 0 Å². The first-order valence-corrected chi connectivity index (χ1v) is 6.70. The third kappa shape index (κ3) is 2.54. The van der Waals surface area contributed by atoms with E-state index in [9.17, 15) is 4.79 Å². The van der Waals surface area contributed by atoms with E-state index in [1.165, 1.54) is 0 Å². The van der Waals surface area contributed by atoms with E-state index in [0.29, 0.717) is 11.7 Å². The summed E-state index contributed by atoms with van der Waals surface area (Å²) in [6.45, 7) is 2.85. The van der Waals surface area contributed by atoms with Crippen LogP contribution in [0.1, 0.15) is 36.7 Å². The SMILES string of the molecule is CCCn1nc(C(=O)NC2CC2)cc1-c1ccco1. The highest BCUT2D eigenvalue weighted by Gasteiger charge is 2.25. The maximum Gasteiger partial charge on any atom is 0.272 e. The van der Waals surface area contributed by atoms with Gasteiger partial charge in [-0.3, -0.25) is 9.48 Å². The lowest BCUT2D eigenvalue weighted by Crippen LogP contribution is -2.25. The molecule has 2 aromatic rings. The van der Waals surface area contributed by atoms with E-state index in [1.807, 2.05) is 16.8 Å². The average molecular weight is 259 g/mol. The van der Waals surface area contributed by atoms with Crippen molar-refractivity contribution in [1.82, 2.24) is 15.1 Å². The first-order valence-electron chi connectivity index (χ1n) is 6.70. The Kier molecular flexibility index (Phi) is 3.11. The molecule has 3 rings (SSSR count). The molecule has 1 amide bonds. The summed E-state index contributed by atoms with van der Waals surface area (Å²) in [7, 11) is 0. The van der Waals surface area contributed by atoms with Gasteiger partial charge in [0.05, 0.1) is 6.26 Å². The quantitative estimate of drug-likeness (QED) is 0.897. The maximum atomic E-state index is 12.0. The van der Waals surface area contributed by atoms with Crippen LogP contribution >= 0.6 is 0 Å². The molecule has 5 nitrogen and oxygen atoms in total. The summed E-state index contributed by atoms with van der Waals surface area (Å²) in [5, 5.41) is 7.33. The standard InChI is InChI=1S/C14H17N3O2/c1-2-7-17-12(13-4-3-8-19-13)9-11(16-17)14(18)15-10-5-6-10/h3-4,8-10H,2,5-7H2,1H3,(H,15,18). The van der Waals surface area contributed by atoms with Crippen LogP contribution < -0.4 is 5.32 Å². The first-order chi connectivity index (χ1) is 9.28. The molecule has 0 saturated heterocycles. The number of furan rings is 1. The van der Waals surface area contributed by atoms with Crippen LogP contribution in [0.25, 0.3) is 11.5 Å². The van der Waals surface area contributed by atoms with Crippen molar-refractivity contribution in [2.75, 3.05) is 0 Å². The van der Waals surface area contributed by atoms with E-state index in [2.05, 4.69) is 17.3 Å². The van der Waals surface area contributed by atoms with Crippen molar-refractivity contribution in [3.8, 4) is 11.5 Å². The molecule has 2 heterocycles. The molecule has 1 aliphatic carbocycles. The van der Waals surface area contributed by atoms with E-state index in [0.717, 1.165) is 37.3 Å². The number of aryl methyl sites for hydroxylation is 1. The molecule has 1 aliphatic rings. The molecule has 1 N–H and O–H groups in total. The number of amides is 1. The van der Waals surface area contributed by atoms with E-state index < -0.39 is 0 Å². The fraction of sp³-hybridized carbons (Fsp3) is 0.429. The predicted molar refractivity (Wildman–Crippen MR) is 70.7 cm³/mol. The van der Waals surface area contributed by atoms with Crippen molar-refractivity contribution in [3.63, 3.8) is 0 Å². The molecule has 0 aromatic carbocycles. The van der Waals surface area contributed by atoms with Gasteiger partial charge in [0, 0.05) is 18.7 Å². The fourth-order valence-corrected chi connectivity index (χ4v) is 2.02. The van der Waals surface area contributed by atoms with E-state index >= 15 is 0 Å². The van der Waals surface area contributed by atoms with Crippen LogP contribution in [-0.4, -0.2) is 21.7 Å². The van der Waals surface area contributed by atoms with Gasteiger partial charge in [0.15, 0.2) is 11.5 Å². The van der Waals surface area contributed by atoms with Crippen LogP contribution in [0.5, 0.6) is 0 Å². The third-order valence-electron chi connectivity index (χ3n) is 3.13. The highest BCUT2D eigenvalue weighted by atomic mass is 16.3. The fourth-order valence-electron chi connectivity index (χ4n) is 2.02. The largest absolute Gasteiger partial charge is 0.463 e. The topological polar surface area (TPSA) is 60.1 Å². The van der Waals surface area contributed by atoms with Gasteiger partial charge in [-0.05, 0) is 31.4 Å². The summed E-state index contributed by atoms with van der Waals surface area (Å²) in [6, 6.07) is 5.86. The molecule has 5 heteroatoms. The molecule has 19 heavy (non-hydrogen) atoms. The van der Waals surface area contributed by atoms with E-state index in [-0.39, 0.29) is 5.91 Å². The third-order valence-corrected chi connectivity index (χ3v) is 3.13. The zero-order valence-corrected chi connectivity index (χ0v) is 10.9. The second-order valence-corrected chi connectivity index (χ2v) is 4.86. The summed E-state index contributed by atoms with van der Waals surface area (Å²) in [4.78, 5) is 12.0. The Labute approximate surface area is 111 Å². The lowest BCUT2D eigenvalue weighted by atomic mass is 10.3. The van der Waals surface area contributed by atoms with Crippen LogP contribution in [0.4, 0.5) is 0 Å². The van der Waals surface area contributed by atoms with Gasteiger partial charge in [-0.25, -0.2) is 0 Å². The molecule has 0 atom stereocenters. The molecular formula is C14H17N3O2. The summed E-state index contributed by atoms with van der Waals surface area (Å²) < 4.78 is 7.23. The van der Waals surface area contributed by atoms with Gasteiger partial charge in [0.2, 0.25) is 0 Å². The van der Waals surface area contributed by atoms with Crippen molar-refractivity contribution in [2.45, 2.75) is 38.8 Å². The lowest BCUT2D eigenvalue weighted by Gasteiger charge is -2.02. The number of nitrogens with one attached hydrogen (secondary N) is 1. The molecule has 1 fully saturated rings. The maximum absolute atomic E-state index is 12.0. The highest BCUT2D eigenvalue weighted by molar-refractivity contribution is 5.93. The Hall–Kier alpha value is -2.04. The van der Waals surface area contributed by atoms with Crippen molar-refractivity contribution >= 4 is 5.91 Å². The van der Waals surface area contributed by atoms with Crippen LogP contribution in [0.3, 0.4) is 0 Å². The highest BCUT2D eigenvalue weighted by Crippen LogP contribution is 2.23. The van der Waals surface area contributed by atoms with E-state index in [1.54, 1.807) is 12.3 Å². The minimum atomic E-state index is -0.0924. The second kappa shape index (κ2) is 4.91. The molecule has 0 aliphatic heterocycles. The molecule has 100 valence electrons. The van der Waals surface area contributed by atoms with Gasteiger partial charge in [-0.2, -0.15) is 5.10 Å². The van der Waals surface area contributed by atoms with Crippen LogP contribution in [0.15, 0.2) is 28.9 Å². The van der Waals surface area contributed by atoms with Gasteiger partial charge in [0.1, 0.15) is 5.69 Å². The molecule has 0 bridgehead atoms. The Morgan fingerprint density at radius 1 is 1.58 bits per heavy atom. The smallest absolute Gasteiger partial charge is 0.272 e. The van der Waals surface area contributed by atoms with Gasteiger partial charge in [0.25, 0.3) is 5.91 Å². The predicted octanol–water partition coefficient (Wildman–Crippen LogP) is 2.45. The molecule has 0 spiro atoms. The molecule has 1 saturated carbocycles. The van der Waals surface area contributed by atoms with Crippen molar-refractivity contribution < 1.29 is 9.21 Å². The summed E-state index contributed by atoms with van der Waals surface area (Å²) in [5.41, 5.74) is 1.32. The first kappa shape index (κ1) is 12.0. The summed E-state index contributed by atoms with van der Waals surface area (Å²) in [5.74, 6) is 0.650. The average Bonchev–Trinajstić information content (AvgIpc) is 2.93.